The highest BCUT2D eigenvalue weighted by Crippen LogP contribution is 2.14. The summed E-state index contributed by atoms with van der Waals surface area (Å²) >= 11 is 1.72. The van der Waals surface area contributed by atoms with Crippen LogP contribution in [0.4, 0.5) is 0 Å². The van der Waals surface area contributed by atoms with Gasteiger partial charge in [-0.3, -0.25) is 4.79 Å². The number of thiophene rings is 1. The van der Waals surface area contributed by atoms with Crippen LogP contribution in [0.3, 0.4) is 0 Å². The lowest BCUT2D eigenvalue weighted by atomic mass is 10.1. The molecule has 0 spiro atoms. The number of likely N-dealkylation sites (N-methyl/N-ethyl adjacent to an activating group) is 1. The minimum Gasteiger partial charge on any atom is -0.396 e. The van der Waals surface area contributed by atoms with Crippen LogP contribution < -0.4 is 0 Å². The second-order valence-corrected chi connectivity index (χ2v) is 5.00. The number of carbonyl (C=O) groups excluding carboxylic acids is 1. The zero-order valence-corrected chi connectivity index (χ0v) is 10.7. The van der Waals surface area contributed by atoms with E-state index in [1.807, 2.05) is 13.1 Å². The monoisotopic (exact) mass is 241 g/mol. The minimum absolute atomic E-state index is 0.0822. The standard InChI is InChI=1S/C12H19NO2S/c1-10(9-11-5-4-8-16-11)13(2)12(15)6-3-7-14/h4-5,8,10,14H,3,6-7,9H2,1-2H3. The van der Waals surface area contributed by atoms with Gasteiger partial charge in [-0.25, -0.2) is 0 Å². The molecule has 0 radical (unpaired) electrons. The van der Waals surface area contributed by atoms with E-state index in [2.05, 4.69) is 18.4 Å². The average Bonchev–Trinajstić information content (AvgIpc) is 2.77. The molecule has 1 heterocycles. The molecular weight excluding hydrogens is 222 g/mol. The second kappa shape index (κ2) is 6.66. The molecule has 0 bridgehead atoms. The van der Waals surface area contributed by atoms with Crippen molar-refractivity contribution in [3.05, 3.63) is 22.4 Å². The van der Waals surface area contributed by atoms with Crippen LogP contribution in [0.2, 0.25) is 0 Å². The summed E-state index contributed by atoms with van der Waals surface area (Å²) in [6, 6.07) is 4.33. The third-order valence-corrected chi connectivity index (χ3v) is 3.58. The van der Waals surface area contributed by atoms with E-state index in [4.69, 9.17) is 5.11 Å². The summed E-state index contributed by atoms with van der Waals surface area (Å²) in [4.78, 5) is 14.8. The Bertz CT molecular complexity index is 311. The van der Waals surface area contributed by atoms with Gasteiger partial charge in [0.2, 0.25) is 5.91 Å². The molecule has 0 aliphatic heterocycles. The first-order chi connectivity index (χ1) is 7.65. The Kier molecular flexibility index (Phi) is 5.49. The fraction of sp³-hybridized carbons (Fsp3) is 0.583. The van der Waals surface area contributed by atoms with E-state index in [-0.39, 0.29) is 18.6 Å². The van der Waals surface area contributed by atoms with E-state index >= 15 is 0 Å². The maximum atomic E-state index is 11.7. The maximum Gasteiger partial charge on any atom is 0.222 e. The fourth-order valence-electron chi connectivity index (χ4n) is 1.51. The van der Waals surface area contributed by atoms with Gasteiger partial charge < -0.3 is 10.0 Å². The number of hydrogen-bond acceptors (Lipinski definition) is 3. The van der Waals surface area contributed by atoms with Crippen LogP contribution >= 0.6 is 11.3 Å². The largest absolute Gasteiger partial charge is 0.396 e. The van der Waals surface area contributed by atoms with E-state index in [0.717, 1.165) is 6.42 Å². The van der Waals surface area contributed by atoms with E-state index in [1.165, 1.54) is 4.88 Å². The van der Waals surface area contributed by atoms with Crippen molar-refractivity contribution in [1.82, 2.24) is 4.90 Å². The fourth-order valence-corrected chi connectivity index (χ4v) is 2.34. The first-order valence-corrected chi connectivity index (χ1v) is 6.42. The van der Waals surface area contributed by atoms with Gasteiger partial charge in [-0.15, -0.1) is 11.3 Å². The Hall–Kier alpha value is -0.870. The van der Waals surface area contributed by atoms with E-state index in [0.29, 0.717) is 12.8 Å². The molecule has 90 valence electrons. The van der Waals surface area contributed by atoms with Crippen LogP contribution in [0.15, 0.2) is 17.5 Å². The van der Waals surface area contributed by atoms with E-state index in [1.54, 1.807) is 16.2 Å². The maximum absolute atomic E-state index is 11.7. The lowest BCUT2D eigenvalue weighted by Gasteiger charge is -2.24. The van der Waals surface area contributed by atoms with Crippen LogP contribution in [0.1, 0.15) is 24.6 Å². The van der Waals surface area contributed by atoms with Gasteiger partial charge in [-0.05, 0) is 24.8 Å². The SMILES string of the molecule is CC(Cc1cccs1)N(C)C(=O)CCCO. The van der Waals surface area contributed by atoms with Gasteiger partial charge in [-0.2, -0.15) is 0 Å². The summed E-state index contributed by atoms with van der Waals surface area (Å²) in [5.41, 5.74) is 0. The molecule has 0 aliphatic carbocycles. The van der Waals surface area contributed by atoms with Crippen LogP contribution in [-0.4, -0.2) is 35.6 Å². The van der Waals surface area contributed by atoms with Crippen LogP contribution in [-0.2, 0) is 11.2 Å². The predicted octanol–water partition coefficient (Wildman–Crippen LogP) is 1.91. The normalized spacial score (nSPS) is 12.4. The van der Waals surface area contributed by atoms with Crippen LogP contribution in [0.25, 0.3) is 0 Å². The molecule has 1 unspecified atom stereocenters. The highest BCUT2D eigenvalue weighted by molar-refractivity contribution is 7.09. The lowest BCUT2D eigenvalue weighted by molar-refractivity contribution is -0.131. The summed E-state index contributed by atoms with van der Waals surface area (Å²) in [5.74, 6) is 0.109. The molecule has 0 aliphatic rings. The Morgan fingerprint density at radius 2 is 2.38 bits per heavy atom. The van der Waals surface area contributed by atoms with Crippen molar-refractivity contribution in [2.75, 3.05) is 13.7 Å². The molecule has 1 rings (SSSR count). The molecule has 0 saturated carbocycles. The Morgan fingerprint density at radius 1 is 1.62 bits per heavy atom. The molecule has 0 saturated heterocycles. The summed E-state index contributed by atoms with van der Waals surface area (Å²) in [6.07, 6.45) is 1.88. The van der Waals surface area contributed by atoms with Crippen LogP contribution in [0.5, 0.6) is 0 Å². The molecule has 1 aromatic rings. The number of aliphatic hydroxyl groups excluding tert-OH is 1. The van der Waals surface area contributed by atoms with Crippen molar-refractivity contribution in [2.45, 2.75) is 32.2 Å². The molecule has 1 aromatic heterocycles. The van der Waals surface area contributed by atoms with Crippen molar-refractivity contribution in [2.24, 2.45) is 0 Å². The first kappa shape index (κ1) is 13.2. The number of nitrogens with zero attached hydrogens (tertiary/aromatic N) is 1. The topological polar surface area (TPSA) is 40.5 Å². The number of amides is 1. The quantitative estimate of drug-likeness (QED) is 0.826. The summed E-state index contributed by atoms with van der Waals surface area (Å²) in [5, 5.41) is 10.7. The summed E-state index contributed by atoms with van der Waals surface area (Å²) in [7, 11) is 1.83. The molecule has 0 aromatic carbocycles. The van der Waals surface area contributed by atoms with Crippen molar-refractivity contribution >= 4 is 17.2 Å². The van der Waals surface area contributed by atoms with Gasteiger partial charge in [0, 0.05) is 37.4 Å². The minimum atomic E-state index is 0.0822. The van der Waals surface area contributed by atoms with Crippen molar-refractivity contribution in [1.29, 1.82) is 0 Å². The first-order valence-electron chi connectivity index (χ1n) is 5.54. The third kappa shape index (κ3) is 3.94. The number of hydrogen-bond donors (Lipinski definition) is 1. The summed E-state index contributed by atoms with van der Waals surface area (Å²) < 4.78 is 0. The second-order valence-electron chi connectivity index (χ2n) is 3.96. The van der Waals surface area contributed by atoms with Gasteiger partial charge >= 0.3 is 0 Å². The number of carbonyl (C=O) groups is 1. The highest BCUT2D eigenvalue weighted by atomic mass is 32.1. The van der Waals surface area contributed by atoms with Crippen molar-refractivity contribution < 1.29 is 9.90 Å². The van der Waals surface area contributed by atoms with Gasteiger partial charge in [0.1, 0.15) is 0 Å². The van der Waals surface area contributed by atoms with Gasteiger partial charge in [0.15, 0.2) is 0 Å². The third-order valence-electron chi connectivity index (χ3n) is 2.68. The Labute approximate surface area is 101 Å². The van der Waals surface area contributed by atoms with Gasteiger partial charge in [0.05, 0.1) is 0 Å². The molecule has 16 heavy (non-hydrogen) atoms. The lowest BCUT2D eigenvalue weighted by Crippen LogP contribution is -2.36. The average molecular weight is 241 g/mol. The predicted molar refractivity (Wildman–Crippen MR) is 66.6 cm³/mol. The van der Waals surface area contributed by atoms with Gasteiger partial charge in [-0.1, -0.05) is 6.07 Å². The number of rotatable bonds is 6. The smallest absolute Gasteiger partial charge is 0.222 e. The molecule has 1 N–H and O–H groups in total. The molecule has 0 fully saturated rings. The molecule has 4 heteroatoms. The molecule has 1 atom stereocenters. The van der Waals surface area contributed by atoms with Crippen molar-refractivity contribution in [3.63, 3.8) is 0 Å². The summed E-state index contributed by atoms with van der Waals surface area (Å²) in [6.45, 7) is 2.13. The van der Waals surface area contributed by atoms with E-state index in [9.17, 15) is 4.79 Å². The number of aliphatic hydroxyl groups is 1. The van der Waals surface area contributed by atoms with E-state index < -0.39 is 0 Å². The highest BCUT2D eigenvalue weighted by Gasteiger charge is 2.15. The van der Waals surface area contributed by atoms with Crippen molar-refractivity contribution in [3.8, 4) is 0 Å². The zero-order valence-electron chi connectivity index (χ0n) is 9.85. The molecular formula is C12H19NO2S. The van der Waals surface area contributed by atoms with Gasteiger partial charge in [0.25, 0.3) is 0 Å². The Balaban J connectivity index is 2.40. The zero-order chi connectivity index (χ0) is 12.0. The Morgan fingerprint density at radius 3 is 2.94 bits per heavy atom. The van der Waals surface area contributed by atoms with Crippen LogP contribution in [0, 0.1) is 0 Å². The molecule has 1 amide bonds. The molecule has 3 nitrogen and oxygen atoms in total.